The van der Waals surface area contributed by atoms with Gasteiger partial charge < -0.3 is 14.9 Å². The van der Waals surface area contributed by atoms with Crippen LogP contribution in [0.3, 0.4) is 0 Å². The standard InChI is InChI=1S/C22H25FN2O2/c23-19-7-3-5-18(14-19)22(27)25-12-4-6-16-13-17(8-9-20(16)25)21(26)15-24-10-1-2-11-24/h3,5,7-9,13-14,21,26H,1-2,4,6,10-12,15H2/t21-/m1/s1. The van der Waals surface area contributed by atoms with Crippen molar-refractivity contribution in [3.05, 3.63) is 65.0 Å². The van der Waals surface area contributed by atoms with Gasteiger partial charge in [0.25, 0.3) is 5.91 Å². The van der Waals surface area contributed by atoms with Crippen LogP contribution in [-0.4, -0.2) is 42.1 Å². The van der Waals surface area contributed by atoms with E-state index in [4.69, 9.17) is 0 Å². The number of hydrogen-bond acceptors (Lipinski definition) is 3. The quantitative estimate of drug-likeness (QED) is 0.898. The Labute approximate surface area is 159 Å². The van der Waals surface area contributed by atoms with Crippen LogP contribution in [0.1, 0.15) is 46.9 Å². The van der Waals surface area contributed by atoms with Gasteiger partial charge in [-0.05, 0) is 74.2 Å². The highest BCUT2D eigenvalue weighted by molar-refractivity contribution is 6.06. The van der Waals surface area contributed by atoms with Crippen LogP contribution in [0.15, 0.2) is 42.5 Å². The Hall–Kier alpha value is -2.24. The molecule has 2 aromatic rings. The lowest BCUT2D eigenvalue weighted by Gasteiger charge is -2.30. The molecule has 27 heavy (non-hydrogen) atoms. The summed E-state index contributed by atoms with van der Waals surface area (Å²) in [4.78, 5) is 16.9. The second-order valence-corrected chi connectivity index (χ2v) is 7.48. The molecule has 4 rings (SSSR count). The van der Waals surface area contributed by atoms with E-state index in [0.717, 1.165) is 42.7 Å². The van der Waals surface area contributed by atoms with Gasteiger partial charge in [-0.25, -0.2) is 4.39 Å². The highest BCUT2D eigenvalue weighted by atomic mass is 19.1. The SMILES string of the molecule is O=C(c1cccc(F)c1)N1CCCc2cc([C@H](O)CN3CCCC3)ccc21. The molecule has 1 saturated heterocycles. The molecule has 0 unspecified atom stereocenters. The van der Waals surface area contributed by atoms with E-state index in [1.807, 2.05) is 18.2 Å². The first-order chi connectivity index (χ1) is 13.1. The summed E-state index contributed by atoms with van der Waals surface area (Å²) in [7, 11) is 0. The van der Waals surface area contributed by atoms with Gasteiger partial charge in [0.2, 0.25) is 0 Å². The molecule has 1 N–H and O–H groups in total. The number of hydrogen-bond donors (Lipinski definition) is 1. The van der Waals surface area contributed by atoms with Crippen molar-refractivity contribution in [1.82, 2.24) is 4.90 Å². The van der Waals surface area contributed by atoms with E-state index in [1.54, 1.807) is 17.0 Å². The number of β-amino-alcohol motifs (C(OH)–C–C–N with tert-alkyl or cyclic N) is 1. The number of anilines is 1. The second-order valence-electron chi connectivity index (χ2n) is 7.48. The zero-order valence-corrected chi connectivity index (χ0v) is 15.4. The predicted molar refractivity (Wildman–Crippen MR) is 103 cm³/mol. The van der Waals surface area contributed by atoms with Crippen LogP contribution >= 0.6 is 0 Å². The van der Waals surface area contributed by atoms with Gasteiger partial charge in [0, 0.05) is 24.3 Å². The number of carbonyl (C=O) groups excluding carboxylic acids is 1. The fraction of sp³-hybridized carbons (Fsp3) is 0.409. The average molecular weight is 368 g/mol. The van der Waals surface area contributed by atoms with Gasteiger partial charge in [-0.3, -0.25) is 4.79 Å². The minimum absolute atomic E-state index is 0.180. The Morgan fingerprint density at radius 2 is 1.89 bits per heavy atom. The minimum atomic E-state index is -0.511. The summed E-state index contributed by atoms with van der Waals surface area (Å²) in [6.45, 7) is 3.39. The maximum atomic E-state index is 13.5. The maximum Gasteiger partial charge on any atom is 0.258 e. The highest BCUT2D eigenvalue weighted by Gasteiger charge is 2.25. The average Bonchev–Trinajstić information content (AvgIpc) is 3.19. The number of aliphatic hydroxyl groups is 1. The molecule has 0 radical (unpaired) electrons. The molecule has 5 heteroatoms. The smallest absolute Gasteiger partial charge is 0.258 e. The molecule has 0 aliphatic carbocycles. The van der Waals surface area contributed by atoms with Crippen LogP contribution in [0.5, 0.6) is 0 Å². The zero-order valence-electron chi connectivity index (χ0n) is 15.4. The van der Waals surface area contributed by atoms with Gasteiger partial charge in [-0.15, -0.1) is 0 Å². The molecule has 4 nitrogen and oxygen atoms in total. The first-order valence-corrected chi connectivity index (χ1v) is 9.72. The Morgan fingerprint density at radius 3 is 2.67 bits per heavy atom. The predicted octanol–water partition coefficient (Wildman–Crippen LogP) is 3.55. The first kappa shape index (κ1) is 18.1. The van der Waals surface area contributed by atoms with Crippen molar-refractivity contribution >= 4 is 11.6 Å². The van der Waals surface area contributed by atoms with Gasteiger partial charge in [-0.2, -0.15) is 0 Å². The molecule has 1 atom stereocenters. The van der Waals surface area contributed by atoms with Crippen molar-refractivity contribution in [1.29, 1.82) is 0 Å². The van der Waals surface area contributed by atoms with E-state index in [2.05, 4.69) is 4.90 Å². The minimum Gasteiger partial charge on any atom is -0.387 e. The molecule has 2 aliphatic heterocycles. The lowest BCUT2D eigenvalue weighted by Crippen LogP contribution is -2.35. The summed E-state index contributed by atoms with van der Waals surface area (Å²) < 4.78 is 13.5. The van der Waals surface area contributed by atoms with E-state index in [9.17, 15) is 14.3 Å². The summed E-state index contributed by atoms with van der Waals surface area (Å²) in [5.74, 6) is -0.584. The third-order valence-electron chi connectivity index (χ3n) is 5.55. The second kappa shape index (κ2) is 7.79. The Morgan fingerprint density at radius 1 is 1.07 bits per heavy atom. The summed E-state index contributed by atoms with van der Waals surface area (Å²) in [5, 5.41) is 10.6. The molecule has 0 bridgehead atoms. The van der Waals surface area contributed by atoms with Crippen LogP contribution in [0, 0.1) is 5.82 Å². The third kappa shape index (κ3) is 3.89. The van der Waals surface area contributed by atoms with E-state index in [-0.39, 0.29) is 5.91 Å². The lowest BCUT2D eigenvalue weighted by molar-refractivity contribution is 0.0984. The topological polar surface area (TPSA) is 43.8 Å². The van der Waals surface area contributed by atoms with Crippen LogP contribution in [-0.2, 0) is 6.42 Å². The Kier molecular flexibility index (Phi) is 5.23. The highest BCUT2D eigenvalue weighted by Crippen LogP contribution is 2.31. The van der Waals surface area contributed by atoms with E-state index < -0.39 is 11.9 Å². The Bertz CT molecular complexity index is 833. The number of carbonyl (C=O) groups is 1. The number of halogens is 1. The number of fused-ring (bicyclic) bond motifs is 1. The van der Waals surface area contributed by atoms with Gasteiger partial charge in [0.15, 0.2) is 0 Å². The molecule has 1 fully saturated rings. The summed E-state index contributed by atoms with van der Waals surface area (Å²) >= 11 is 0. The monoisotopic (exact) mass is 368 g/mol. The van der Waals surface area contributed by atoms with Gasteiger partial charge >= 0.3 is 0 Å². The van der Waals surface area contributed by atoms with Crippen molar-refractivity contribution in [3.63, 3.8) is 0 Å². The van der Waals surface area contributed by atoms with Crippen molar-refractivity contribution < 1.29 is 14.3 Å². The fourth-order valence-corrected chi connectivity index (χ4v) is 4.13. The number of amides is 1. The third-order valence-corrected chi connectivity index (χ3v) is 5.55. The number of aliphatic hydroxyl groups excluding tert-OH is 1. The number of likely N-dealkylation sites (tertiary alicyclic amines) is 1. The van der Waals surface area contributed by atoms with Gasteiger partial charge in [0.05, 0.1) is 6.10 Å². The number of nitrogens with zero attached hydrogens (tertiary/aromatic N) is 2. The summed E-state index contributed by atoms with van der Waals surface area (Å²) in [6.07, 6.45) is 3.64. The van der Waals surface area contributed by atoms with Gasteiger partial charge in [0.1, 0.15) is 5.82 Å². The van der Waals surface area contributed by atoms with Crippen molar-refractivity contribution in [2.75, 3.05) is 31.1 Å². The molecular weight excluding hydrogens is 343 g/mol. The van der Waals surface area contributed by atoms with Crippen molar-refractivity contribution in [3.8, 4) is 0 Å². The normalized spacial score (nSPS) is 18.4. The molecule has 0 spiro atoms. The molecule has 2 aliphatic rings. The largest absolute Gasteiger partial charge is 0.387 e. The van der Waals surface area contributed by atoms with Crippen molar-refractivity contribution in [2.45, 2.75) is 31.8 Å². The Balaban J connectivity index is 1.55. The maximum absolute atomic E-state index is 13.5. The van der Waals surface area contributed by atoms with Crippen LogP contribution in [0.4, 0.5) is 10.1 Å². The molecule has 2 aromatic carbocycles. The van der Waals surface area contributed by atoms with Crippen LogP contribution in [0.2, 0.25) is 0 Å². The van der Waals surface area contributed by atoms with Crippen molar-refractivity contribution in [2.24, 2.45) is 0 Å². The molecule has 0 aromatic heterocycles. The van der Waals surface area contributed by atoms with Crippen LogP contribution in [0.25, 0.3) is 0 Å². The molecule has 142 valence electrons. The fourth-order valence-electron chi connectivity index (χ4n) is 4.13. The van der Waals surface area contributed by atoms with Crippen LogP contribution < -0.4 is 4.90 Å². The van der Waals surface area contributed by atoms with Gasteiger partial charge in [-0.1, -0.05) is 18.2 Å². The number of rotatable bonds is 4. The molecule has 2 heterocycles. The van der Waals surface area contributed by atoms with E-state index in [0.29, 0.717) is 18.7 Å². The molecular formula is C22H25FN2O2. The first-order valence-electron chi connectivity index (χ1n) is 9.72. The summed E-state index contributed by atoms with van der Waals surface area (Å²) in [5.41, 5.74) is 3.21. The summed E-state index contributed by atoms with van der Waals surface area (Å²) in [6, 6.07) is 11.7. The van der Waals surface area contributed by atoms with E-state index in [1.165, 1.54) is 25.0 Å². The number of benzene rings is 2. The van der Waals surface area contributed by atoms with E-state index >= 15 is 0 Å². The zero-order chi connectivity index (χ0) is 18.8. The number of aryl methyl sites for hydroxylation is 1. The lowest BCUT2D eigenvalue weighted by atomic mass is 9.96. The molecule has 0 saturated carbocycles. The molecule has 1 amide bonds.